The zero-order valence-corrected chi connectivity index (χ0v) is 15.0. The topological polar surface area (TPSA) is 30.5 Å². The molecule has 0 bridgehead atoms. The first-order valence-corrected chi connectivity index (χ1v) is 9.50. The Hall–Kier alpha value is -2.00. The highest BCUT2D eigenvalue weighted by Crippen LogP contribution is 2.23. The lowest BCUT2D eigenvalue weighted by Crippen LogP contribution is -2.24. The number of nitrogens with one attached hydrogen (secondary N) is 1. The van der Waals surface area contributed by atoms with Crippen LogP contribution in [0.4, 0.5) is 0 Å². The third-order valence-corrected chi connectivity index (χ3v) is 4.75. The Bertz CT molecular complexity index is 608. The van der Waals surface area contributed by atoms with E-state index in [1.807, 2.05) is 36.4 Å². The minimum Gasteiger partial charge on any atom is -0.490 e. The van der Waals surface area contributed by atoms with Crippen LogP contribution in [0.2, 0.25) is 0 Å². The molecule has 0 aliphatic heterocycles. The molecule has 25 heavy (non-hydrogen) atoms. The molecule has 2 aromatic carbocycles. The van der Waals surface area contributed by atoms with Crippen molar-refractivity contribution in [1.82, 2.24) is 5.32 Å². The summed E-state index contributed by atoms with van der Waals surface area (Å²) in [6.45, 7) is 3.15. The maximum absolute atomic E-state index is 5.81. The summed E-state index contributed by atoms with van der Waals surface area (Å²) >= 11 is 0. The Morgan fingerprint density at radius 3 is 2.32 bits per heavy atom. The largest absolute Gasteiger partial charge is 0.490 e. The molecule has 1 N–H and O–H groups in total. The van der Waals surface area contributed by atoms with E-state index in [2.05, 4.69) is 23.5 Å². The molecule has 0 aromatic heterocycles. The fourth-order valence-electron chi connectivity index (χ4n) is 3.39. The predicted octanol–water partition coefficient (Wildman–Crippen LogP) is 4.81. The predicted molar refractivity (Wildman–Crippen MR) is 102 cm³/mol. The smallest absolute Gasteiger partial charge is 0.122 e. The maximum atomic E-state index is 5.81. The highest BCUT2D eigenvalue weighted by molar-refractivity contribution is 5.28. The van der Waals surface area contributed by atoms with Gasteiger partial charge in [0.05, 0.1) is 0 Å². The lowest BCUT2D eigenvalue weighted by atomic mass is 9.89. The molecule has 1 aliphatic rings. The average molecular weight is 339 g/mol. The molecule has 3 heteroatoms. The molecule has 0 atom stereocenters. The van der Waals surface area contributed by atoms with Gasteiger partial charge in [0.1, 0.15) is 24.7 Å². The number of ether oxygens (including phenoxy) is 2. The van der Waals surface area contributed by atoms with E-state index in [1.54, 1.807) is 0 Å². The van der Waals surface area contributed by atoms with Gasteiger partial charge in [-0.25, -0.2) is 0 Å². The van der Waals surface area contributed by atoms with E-state index in [4.69, 9.17) is 9.47 Å². The Morgan fingerprint density at radius 2 is 1.52 bits per heavy atom. The summed E-state index contributed by atoms with van der Waals surface area (Å²) in [5.41, 5.74) is 1.28. The summed E-state index contributed by atoms with van der Waals surface area (Å²) in [6, 6.07) is 18.2. The van der Waals surface area contributed by atoms with Gasteiger partial charge >= 0.3 is 0 Å². The van der Waals surface area contributed by atoms with E-state index in [1.165, 1.54) is 37.7 Å². The Kier molecular flexibility index (Phi) is 7.19. The Balaban J connectivity index is 1.35. The summed E-state index contributed by atoms with van der Waals surface area (Å²) in [5, 5.41) is 3.61. The van der Waals surface area contributed by atoms with Crippen molar-refractivity contribution in [3.05, 3.63) is 60.2 Å². The lowest BCUT2D eigenvalue weighted by Gasteiger charge is -2.21. The van der Waals surface area contributed by atoms with E-state index in [0.717, 1.165) is 30.5 Å². The molecule has 3 rings (SSSR count). The van der Waals surface area contributed by atoms with Crippen LogP contribution in [0.3, 0.4) is 0 Å². The molecule has 0 heterocycles. The van der Waals surface area contributed by atoms with Crippen molar-refractivity contribution in [3.63, 3.8) is 0 Å². The number of rotatable bonds is 9. The van der Waals surface area contributed by atoms with E-state index in [-0.39, 0.29) is 0 Å². The third-order valence-electron chi connectivity index (χ3n) is 4.75. The summed E-state index contributed by atoms with van der Waals surface area (Å²) in [6.07, 6.45) is 7.00. The first kappa shape index (κ1) is 17.8. The molecule has 1 aliphatic carbocycles. The van der Waals surface area contributed by atoms with E-state index in [9.17, 15) is 0 Å². The van der Waals surface area contributed by atoms with Gasteiger partial charge in [-0.1, -0.05) is 49.6 Å². The minimum atomic E-state index is 0.549. The van der Waals surface area contributed by atoms with Crippen molar-refractivity contribution in [2.45, 2.75) is 38.6 Å². The molecular weight excluding hydrogens is 310 g/mol. The van der Waals surface area contributed by atoms with Crippen LogP contribution >= 0.6 is 0 Å². The van der Waals surface area contributed by atoms with Gasteiger partial charge < -0.3 is 14.8 Å². The van der Waals surface area contributed by atoms with E-state index >= 15 is 0 Å². The molecule has 134 valence electrons. The molecule has 2 aromatic rings. The van der Waals surface area contributed by atoms with Gasteiger partial charge in [0.25, 0.3) is 0 Å². The van der Waals surface area contributed by atoms with Crippen molar-refractivity contribution in [2.75, 3.05) is 19.8 Å². The zero-order chi connectivity index (χ0) is 17.2. The van der Waals surface area contributed by atoms with E-state index in [0.29, 0.717) is 13.2 Å². The molecule has 1 saturated carbocycles. The van der Waals surface area contributed by atoms with Crippen molar-refractivity contribution < 1.29 is 9.47 Å². The van der Waals surface area contributed by atoms with Crippen molar-refractivity contribution in [1.29, 1.82) is 0 Å². The molecule has 0 amide bonds. The quantitative estimate of drug-likeness (QED) is 0.665. The van der Waals surface area contributed by atoms with Gasteiger partial charge in [-0.3, -0.25) is 0 Å². The number of hydrogen-bond donors (Lipinski definition) is 1. The highest BCUT2D eigenvalue weighted by atomic mass is 16.5. The van der Waals surface area contributed by atoms with Gasteiger partial charge in [-0.05, 0) is 55.1 Å². The van der Waals surface area contributed by atoms with Crippen molar-refractivity contribution in [2.24, 2.45) is 5.92 Å². The molecule has 1 fully saturated rings. The number of para-hydroxylation sites is 1. The average Bonchev–Trinajstić information content (AvgIpc) is 2.67. The van der Waals surface area contributed by atoms with Crippen LogP contribution < -0.4 is 14.8 Å². The normalized spacial score (nSPS) is 15.0. The summed E-state index contributed by atoms with van der Waals surface area (Å²) in [7, 11) is 0. The van der Waals surface area contributed by atoms with Crippen molar-refractivity contribution >= 4 is 0 Å². The van der Waals surface area contributed by atoms with Crippen LogP contribution in [0.1, 0.15) is 37.7 Å². The molecule has 0 saturated heterocycles. The van der Waals surface area contributed by atoms with Gasteiger partial charge in [0, 0.05) is 6.54 Å². The van der Waals surface area contributed by atoms with Gasteiger partial charge in [-0.15, -0.1) is 0 Å². The highest BCUT2D eigenvalue weighted by Gasteiger charge is 2.12. The standard InChI is InChI=1S/C22H29NO2/c1-3-8-19(9-4-1)17-23-18-20-10-7-13-22(16-20)25-15-14-24-21-11-5-2-6-12-21/h2,5-7,10-13,16,19,23H,1,3-4,8-9,14-15,17-18H2. The fraction of sp³-hybridized carbons (Fsp3) is 0.455. The van der Waals surface area contributed by atoms with Crippen LogP contribution in [0.25, 0.3) is 0 Å². The molecule has 0 radical (unpaired) electrons. The maximum Gasteiger partial charge on any atom is 0.122 e. The van der Waals surface area contributed by atoms with Crippen LogP contribution in [-0.2, 0) is 6.54 Å². The van der Waals surface area contributed by atoms with E-state index < -0.39 is 0 Å². The Labute approximate surface area is 151 Å². The van der Waals surface area contributed by atoms with Gasteiger partial charge in [-0.2, -0.15) is 0 Å². The second kappa shape index (κ2) is 10.1. The molecule has 0 unspecified atom stereocenters. The monoisotopic (exact) mass is 339 g/mol. The fourth-order valence-corrected chi connectivity index (χ4v) is 3.39. The van der Waals surface area contributed by atoms with Crippen LogP contribution in [-0.4, -0.2) is 19.8 Å². The first-order chi connectivity index (χ1) is 12.4. The van der Waals surface area contributed by atoms with Crippen LogP contribution in [0, 0.1) is 5.92 Å². The zero-order valence-electron chi connectivity index (χ0n) is 15.0. The van der Waals surface area contributed by atoms with Gasteiger partial charge in [0.15, 0.2) is 0 Å². The Morgan fingerprint density at radius 1 is 0.800 bits per heavy atom. The second-order valence-corrected chi connectivity index (χ2v) is 6.79. The third kappa shape index (κ3) is 6.43. The summed E-state index contributed by atoms with van der Waals surface area (Å²) < 4.78 is 11.5. The van der Waals surface area contributed by atoms with Gasteiger partial charge in [0.2, 0.25) is 0 Å². The molecule has 3 nitrogen and oxygen atoms in total. The molecule has 0 spiro atoms. The summed E-state index contributed by atoms with van der Waals surface area (Å²) in [5.74, 6) is 2.66. The number of benzene rings is 2. The molecular formula is C22H29NO2. The second-order valence-electron chi connectivity index (χ2n) is 6.79. The van der Waals surface area contributed by atoms with Crippen LogP contribution in [0.5, 0.6) is 11.5 Å². The van der Waals surface area contributed by atoms with Crippen molar-refractivity contribution in [3.8, 4) is 11.5 Å². The minimum absolute atomic E-state index is 0.549. The number of hydrogen-bond acceptors (Lipinski definition) is 3. The summed E-state index contributed by atoms with van der Waals surface area (Å²) in [4.78, 5) is 0. The lowest BCUT2D eigenvalue weighted by molar-refractivity contribution is 0.217. The van der Waals surface area contributed by atoms with Crippen LogP contribution in [0.15, 0.2) is 54.6 Å². The first-order valence-electron chi connectivity index (χ1n) is 9.50. The SMILES string of the molecule is c1ccc(OCCOc2cccc(CNCC3CCCCC3)c2)cc1.